The molecule has 0 heterocycles. The molecular formula is C13H25NO2. The van der Waals surface area contributed by atoms with Crippen molar-refractivity contribution in [1.82, 2.24) is 5.32 Å². The fourth-order valence-electron chi connectivity index (χ4n) is 2.52. The molecule has 3 heteroatoms. The molecule has 0 bridgehead atoms. The number of hydrogen-bond acceptors (Lipinski definition) is 2. The Hall–Kier alpha value is -0.570. The first kappa shape index (κ1) is 13.5. The van der Waals surface area contributed by atoms with Gasteiger partial charge in [0, 0.05) is 6.42 Å². The highest BCUT2D eigenvalue weighted by Crippen LogP contribution is 2.30. The molecule has 0 saturated heterocycles. The molecule has 0 radical (unpaired) electrons. The highest BCUT2D eigenvalue weighted by molar-refractivity contribution is 5.66. The van der Waals surface area contributed by atoms with Crippen molar-refractivity contribution >= 4 is 5.97 Å². The zero-order valence-electron chi connectivity index (χ0n) is 10.4. The van der Waals surface area contributed by atoms with Crippen LogP contribution in [0.4, 0.5) is 0 Å². The smallest absolute Gasteiger partial charge is 0.303 e. The van der Waals surface area contributed by atoms with E-state index >= 15 is 0 Å². The van der Waals surface area contributed by atoms with Gasteiger partial charge in [-0.25, -0.2) is 0 Å². The van der Waals surface area contributed by atoms with Crippen molar-refractivity contribution in [1.29, 1.82) is 0 Å². The Morgan fingerprint density at radius 3 is 2.75 bits per heavy atom. The Morgan fingerprint density at radius 1 is 1.31 bits per heavy atom. The molecule has 0 amide bonds. The largest absolute Gasteiger partial charge is 0.481 e. The fraction of sp³-hybridized carbons (Fsp3) is 0.923. The first-order valence-corrected chi connectivity index (χ1v) is 6.62. The predicted molar refractivity (Wildman–Crippen MR) is 65.5 cm³/mol. The SMILES string of the molecule is CC1CCCC1CNCCCCCC(=O)O. The van der Waals surface area contributed by atoms with Gasteiger partial charge in [0.25, 0.3) is 0 Å². The highest BCUT2D eigenvalue weighted by Gasteiger charge is 2.22. The number of carboxylic acid groups (broad SMARTS) is 1. The van der Waals surface area contributed by atoms with Gasteiger partial charge in [-0.05, 0) is 44.2 Å². The van der Waals surface area contributed by atoms with Crippen LogP contribution in [0.25, 0.3) is 0 Å². The first-order chi connectivity index (χ1) is 7.70. The molecule has 0 aromatic carbocycles. The summed E-state index contributed by atoms with van der Waals surface area (Å²) in [6, 6.07) is 0. The lowest BCUT2D eigenvalue weighted by atomic mass is 9.98. The number of hydrogen-bond donors (Lipinski definition) is 2. The van der Waals surface area contributed by atoms with E-state index in [0.29, 0.717) is 6.42 Å². The molecule has 2 N–H and O–H groups in total. The Bertz CT molecular complexity index is 206. The van der Waals surface area contributed by atoms with Gasteiger partial charge in [-0.15, -0.1) is 0 Å². The van der Waals surface area contributed by atoms with Gasteiger partial charge in [0.05, 0.1) is 0 Å². The fourth-order valence-corrected chi connectivity index (χ4v) is 2.52. The maximum absolute atomic E-state index is 10.3. The minimum absolute atomic E-state index is 0.319. The summed E-state index contributed by atoms with van der Waals surface area (Å²) in [7, 11) is 0. The standard InChI is InChI=1S/C13H25NO2/c1-11-6-5-7-12(11)10-14-9-4-2-3-8-13(15)16/h11-12,14H,2-10H2,1H3,(H,15,16). The molecule has 1 saturated carbocycles. The average Bonchev–Trinajstić information content (AvgIpc) is 2.62. The lowest BCUT2D eigenvalue weighted by molar-refractivity contribution is -0.137. The molecule has 94 valence electrons. The van der Waals surface area contributed by atoms with E-state index < -0.39 is 5.97 Å². The molecule has 1 aliphatic rings. The van der Waals surface area contributed by atoms with Crippen LogP contribution in [-0.4, -0.2) is 24.2 Å². The van der Waals surface area contributed by atoms with Crippen molar-refractivity contribution in [2.75, 3.05) is 13.1 Å². The van der Waals surface area contributed by atoms with Gasteiger partial charge in [0.15, 0.2) is 0 Å². The van der Waals surface area contributed by atoms with Crippen LogP contribution in [0.15, 0.2) is 0 Å². The molecule has 0 aromatic heterocycles. The zero-order valence-corrected chi connectivity index (χ0v) is 10.4. The molecule has 1 rings (SSSR count). The monoisotopic (exact) mass is 227 g/mol. The molecular weight excluding hydrogens is 202 g/mol. The first-order valence-electron chi connectivity index (χ1n) is 6.62. The molecule has 0 spiro atoms. The summed E-state index contributed by atoms with van der Waals surface area (Å²) in [5.41, 5.74) is 0. The summed E-state index contributed by atoms with van der Waals surface area (Å²) in [4.78, 5) is 10.3. The van der Waals surface area contributed by atoms with Gasteiger partial charge in [-0.2, -0.15) is 0 Å². The zero-order chi connectivity index (χ0) is 11.8. The van der Waals surface area contributed by atoms with Gasteiger partial charge in [-0.3, -0.25) is 4.79 Å². The summed E-state index contributed by atoms with van der Waals surface area (Å²) in [6.07, 6.45) is 7.44. The van der Waals surface area contributed by atoms with Gasteiger partial charge in [-0.1, -0.05) is 26.2 Å². The Balaban J connectivity index is 1.86. The summed E-state index contributed by atoms with van der Waals surface area (Å²) >= 11 is 0. The number of carboxylic acids is 1. The Labute approximate surface area is 98.6 Å². The van der Waals surface area contributed by atoms with Gasteiger partial charge in [0.2, 0.25) is 0 Å². The second kappa shape index (κ2) is 7.66. The molecule has 1 aliphatic carbocycles. The predicted octanol–water partition coefficient (Wildman–Crippen LogP) is 2.66. The number of carbonyl (C=O) groups is 1. The third kappa shape index (κ3) is 5.50. The minimum atomic E-state index is -0.673. The topological polar surface area (TPSA) is 49.3 Å². The van der Waals surface area contributed by atoms with Gasteiger partial charge < -0.3 is 10.4 Å². The van der Waals surface area contributed by atoms with E-state index in [2.05, 4.69) is 12.2 Å². The molecule has 3 nitrogen and oxygen atoms in total. The van der Waals surface area contributed by atoms with Crippen LogP contribution in [0, 0.1) is 11.8 Å². The van der Waals surface area contributed by atoms with Crippen LogP contribution in [0.3, 0.4) is 0 Å². The van der Waals surface area contributed by atoms with E-state index in [0.717, 1.165) is 44.2 Å². The van der Waals surface area contributed by atoms with Gasteiger partial charge >= 0.3 is 5.97 Å². The number of aliphatic carboxylic acids is 1. The van der Waals surface area contributed by atoms with Crippen molar-refractivity contribution in [2.45, 2.75) is 51.9 Å². The average molecular weight is 227 g/mol. The number of nitrogens with one attached hydrogen (secondary N) is 1. The van der Waals surface area contributed by atoms with Crippen molar-refractivity contribution in [2.24, 2.45) is 11.8 Å². The molecule has 2 unspecified atom stereocenters. The lowest BCUT2D eigenvalue weighted by Crippen LogP contribution is -2.25. The summed E-state index contributed by atoms with van der Waals surface area (Å²) < 4.78 is 0. The van der Waals surface area contributed by atoms with E-state index in [4.69, 9.17) is 5.11 Å². The quantitative estimate of drug-likeness (QED) is 0.627. The normalized spacial score (nSPS) is 24.8. The van der Waals surface area contributed by atoms with Gasteiger partial charge in [0.1, 0.15) is 0 Å². The maximum Gasteiger partial charge on any atom is 0.303 e. The number of rotatable bonds is 8. The molecule has 0 aromatic rings. The molecule has 16 heavy (non-hydrogen) atoms. The maximum atomic E-state index is 10.3. The second-order valence-corrected chi connectivity index (χ2v) is 5.08. The third-order valence-electron chi connectivity index (χ3n) is 3.69. The summed E-state index contributed by atoms with van der Waals surface area (Å²) in [5.74, 6) is 1.09. The van der Waals surface area contributed by atoms with E-state index in [1.807, 2.05) is 0 Å². The van der Waals surface area contributed by atoms with E-state index in [-0.39, 0.29) is 0 Å². The van der Waals surface area contributed by atoms with Crippen LogP contribution in [-0.2, 0) is 4.79 Å². The van der Waals surface area contributed by atoms with Crippen molar-refractivity contribution in [3.8, 4) is 0 Å². The summed E-state index contributed by atoms with van der Waals surface area (Å²) in [5, 5.41) is 12.0. The van der Waals surface area contributed by atoms with Crippen LogP contribution in [0.2, 0.25) is 0 Å². The minimum Gasteiger partial charge on any atom is -0.481 e. The molecule has 2 atom stereocenters. The summed E-state index contributed by atoms with van der Waals surface area (Å²) in [6.45, 7) is 4.55. The van der Waals surface area contributed by atoms with E-state index in [9.17, 15) is 4.79 Å². The second-order valence-electron chi connectivity index (χ2n) is 5.08. The van der Waals surface area contributed by atoms with Crippen molar-refractivity contribution < 1.29 is 9.90 Å². The lowest BCUT2D eigenvalue weighted by Gasteiger charge is -2.15. The van der Waals surface area contributed by atoms with E-state index in [1.54, 1.807) is 0 Å². The Morgan fingerprint density at radius 2 is 2.12 bits per heavy atom. The van der Waals surface area contributed by atoms with Crippen LogP contribution in [0.5, 0.6) is 0 Å². The number of unbranched alkanes of at least 4 members (excludes halogenated alkanes) is 2. The van der Waals surface area contributed by atoms with Crippen LogP contribution >= 0.6 is 0 Å². The highest BCUT2D eigenvalue weighted by atomic mass is 16.4. The van der Waals surface area contributed by atoms with Crippen molar-refractivity contribution in [3.63, 3.8) is 0 Å². The van der Waals surface area contributed by atoms with Crippen LogP contribution < -0.4 is 5.32 Å². The molecule has 1 fully saturated rings. The van der Waals surface area contributed by atoms with E-state index in [1.165, 1.54) is 19.3 Å². The Kier molecular flexibility index (Phi) is 6.46. The third-order valence-corrected chi connectivity index (χ3v) is 3.69. The van der Waals surface area contributed by atoms with Crippen LogP contribution in [0.1, 0.15) is 51.9 Å². The van der Waals surface area contributed by atoms with Crippen molar-refractivity contribution in [3.05, 3.63) is 0 Å². The molecule has 0 aliphatic heterocycles.